The lowest BCUT2D eigenvalue weighted by atomic mass is 10.2. The van der Waals surface area contributed by atoms with Crippen LogP contribution in [0.25, 0.3) is 4.96 Å². The summed E-state index contributed by atoms with van der Waals surface area (Å²) < 4.78 is 3.57. The average Bonchev–Trinajstić information content (AvgIpc) is 3.32. The van der Waals surface area contributed by atoms with Crippen LogP contribution in [0.5, 0.6) is 0 Å². The minimum atomic E-state index is -0.411. The smallest absolute Gasteiger partial charge is 0.362 e. The zero-order valence-electron chi connectivity index (χ0n) is 13.8. The van der Waals surface area contributed by atoms with Gasteiger partial charge in [-0.05, 0) is 10.5 Å². The number of nitrogens with zero attached hydrogens (tertiary/aromatic N) is 5. The fourth-order valence-corrected chi connectivity index (χ4v) is 3.56. The van der Waals surface area contributed by atoms with Crippen LogP contribution in [0.3, 0.4) is 0 Å². The van der Waals surface area contributed by atoms with Gasteiger partial charge >= 0.3 is 5.82 Å². The number of fused-ring (bicyclic) bond motifs is 1. The Morgan fingerprint density at radius 2 is 2.08 bits per heavy atom. The summed E-state index contributed by atoms with van der Waals surface area (Å²) in [6, 6.07) is 10.2. The second-order valence-corrected chi connectivity index (χ2v) is 6.60. The molecule has 3 heterocycles. The minimum Gasteiger partial charge on any atom is -0.362 e. The molecule has 0 spiro atoms. The first kappa shape index (κ1) is 16.3. The van der Waals surface area contributed by atoms with Gasteiger partial charge in [0, 0.05) is 37.3 Å². The van der Waals surface area contributed by atoms with Gasteiger partial charge in [-0.3, -0.25) is 0 Å². The van der Waals surface area contributed by atoms with Crippen molar-refractivity contribution in [3.05, 3.63) is 75.8 Å². The zero-order chi connectivity index (χ0) is 17.9. The van der Waals surface area contributed by atoms with E-state index in [0.717, 1.165) is 12.4 Å². The van der Waals surface area contributed by atoms with Gasteiger partial charge in [-0.15, -0.1) is 0 Å². The molecule has 8 nitrogen and oxygen atoms in total. The Hall–Kier alpha value is -3.20. The molecular formula is C17H16N6O2S. The highest BCUT2D eigenvalue weighted by molar-refractivity contribution is 7.15. The number of imidazole rings is 2. The molecule has 0 saturated heterocycles. The van der Waals surface area contributed by atoms with E-state index in [1.54, 1.807) is 17.8 Å². The lowest BCUT2D eigenvalue weighted by Crippen LogP contribution is -2.12. The van der Waals surface area contributed by atoms with Gasteiger partial charge < -0.3 is 20.0 Å². The van der Waals surface area contributed by atoms with Crippen LogP contribution in [0, 0.1) is 10.1 Å². The highest BCUT2D eigenvalue weighted by atomic mass is 32.1. The molecule has 4 rings (SSSR count). The van der Waals surface area contributed by atoms with E-state index in [0.29, 0.717) is 23.7 Å². The number of hydrogen-bond donors (Lipinski definition) is 1. The van der Waals surface area contributed by atoms with E-state index in [9.17, 15) is 10.1 Å². The molecule has 1 aromatic carbocycles. The summed E-state index contributed by atoms with van der Waals surface area (Å²) in [4.78, 5) is 20.2. The van der Waals surface area contributed by atoms with E-state index >= 15 is 0 Å². The first-order valence-corrected chi connectivity index (χ1v) is 8.98. The molecule has 9 heteroatoms. The summed E-state index contributed by atoms with van der Waals surface area (Å²) >= 11 is 1.37. The monoisotopic (exact) mass is 368 g/mol. The molecule has 0 aliphatic heterocycles. The highest BCUT2D eigenvalue weighted by Gasteiger charge is 2.23. The molecule has 0 unspecified atom stereocenters. The van der Waals surface area contributed by atoms with Crippen LogP contribution in [0.1, 0.15) is 11.4 Å². The molecule has 0 atom stereocenters. The molecule has 26 heavy (non-hydrogen) atoms. The molecule has 0 amide bonds. The molecule has 0 aliphatic carbocycles. The summed E-state index contributed by atoms with van der Waals surface area (Å²) in [7, 11) is 0. The van der Waals surface area contributed by atoms with Crippen LogP contribution in [0.4, 0.5) is 11.6 Å². The number of hydrogen-bond acceptors (Lipinski definition) is 6. The third-order valence-corrected chi connectivity index (χ3v) is 4.80. The van der Waals surface area contributed by atoms with Crippen molar-refractivity contribution in [2.45, 2.75) is 13.0 Å². The predicted octanol–water partition coefficient (Wildman–Crippen LogP) is 3.20. The molecule has 0 fully saturated rings. The Kier molecular flexibility index (Phi) is 4.36. The quantitative estimate of drug-likeness (QED) is 0.400. The SMILES string of the molecule is O=[N+]([O-])c1c(NCCc2nccn2Cc2ccccc2)nc2sccn12. The largest absolute Gasteiger partial charge is 0.372 e. The number of nitro groups is 1. The maximum atomic E-state index is 11.3. The van der Waals surface area contributed by atoms with Crippen molar-refractivity contribution in [2.75, 3.05) is 11.9 Å². The minimum absolute atomic E-state index is 0.0334. The predicted molar refractivity (Wildman–Crippen MR) is 99.7 cm³/mol. The van der Waals surface area contributed by atoms with Crippen molar-refractivity contribution in [2.24, 2.45) is 0 Å². The standard InChI is InChI=1S/C17H16N6O2S/c24-23(25)16-15(20-17-22(16)10-11-26-17)19-7-6-14-18-8-9-21(14)12-13-4-2-1-3-5-13/h1-5,8-11,19H,6-7,12H2. The number of aromatic nitrogens is 4. The van der Waals surface area contributed by atoms with Gasteiger partial charge in [-0.25, -0.2) is 4.98 Å². The van der Waals surface area contributed by atoms with Crippen LogP contribution >= 0.6 is 11.3 Å². The van der Waals surface area contributed by atoms with Gasteiger partial charge in [0.2, 0.25) is 5.82 Å². The van der Waals surface area contributed by atoms with Crippen LogP contribution in [-0.2, 0) is 13.0 Å². The van der Waals surface area contributed by atoms with Crippen molar-refractivity contribution in [3.8, 4) is 0 Å². The van der Waals surface area contributed by atoms with Crippen molar-refractivity contribution in [3.63, 3.8) is 0 Å². The summed E-state index contributed by atoms with van der Waals surface area (Å²) in [6.45, 7) is 1.26. The van der Waals surface area contributed by atoms with E-state index in [-0.39, 0.29) is 5.82 Å². The number of thiazole rings is 1. The molecule has 0 bridgehead atoms. The van der Waals surface area contributed by atoms with Crippen LogP contribution in [-0.4, -0.2) is 30.4 Å². The van der Waals surface area contributed by atoms with Crippen molar-refractivity contribution >= 4 is 27.9 Å². The second kappa shape index (κ2) is 6.96. The van der Waals surface area contributed by atoms with Gasteiger partial charge in [-0.1, -0.05) is 41.7 Å². The van der Waals surface area contributed by atoms with Gasteiger partial charge in [0.1, 0.15) is 12.0 Å². The third kappa shape index (κ3) is 3.16. The van der Waals surface area contributed by atoms with Crippen molar-refractivity contribution < 1.29 is 4.92 Å². The van der Waals surface area contributed by atoms with E-state index in [1.807, 2.05) is 24.4 Å². The lowest BCUT2D eigenvalue weighted by molar-refractivity contribution is -0.389. The summed E-state index contributed by atoms with van der Waals surface area (Å²) in [5.74, 6) is 1.18. The van der Waals surface area contributed by atoms with Gasteiger partial charge in [0.25, 0.3) is 4.96 Å². The Morgan fingerprint density at radius 1 is 1.23 bits per heavy atom. The van der Waals surface area contributed by atoms with Crippen LogP contribution in [0.15, 0.2) is 54.3 Å². The fourth-order valence-electron chi connectivity index (χ4n) is 2.85. The van der Waals surface area contributed by atoms with Crippen molar-refractivity contribution in [1.29, 1.82) is 0 Å². The molecule has 0 aliphatic rings. The topological polar surface area (TPSA) is 90.3 Å². The summed E-state index contributed by atoms with van der Waals surface area (Å²) in [6.07, 6.45) is 6.01. The Labute approximate surface area is 152 Å². The first-order valence-electron chi connectivity index (χ1n) is 8.10. The Bertz CT molecular complexity index is 1040. The highest BCUT2D eigenvalue weighted by Crippen LogP contribution is 2.27. The summed E-state index contributed by atoms with van der Waals surface area (Å²) in [5.41, 5.74) is 1.20. The number of rotatable bonds is 7. The molecule has 4 aromatic rings. The molecule has 3 aromatic heterocycles. The lowest BCUT2D eigenvalue weighted by Gasteiger charge is -2.08. The van der Waals surface area contributed by atoms with Crippen LogP contribution < -0.4 is 5.32 Å². The second-order valence-electron chi connectivity index (χ2n) is 5.73. The average molecular weight is 368 g/mol. The Morgan fingerprint density at radius 3 is 2.88 bits per heavy atom. The van der Waals surface area contributed by atoms with Crippen molar-refractivity contribution in [1.82, 2.24) is 18.9 Å². The van der Waals surface area contributed by atoms with E-state index in [1.165, 1.54) is 21.3 Å². The van der Waals surface area contributed by atoms with Crippen LogP contribution in [0.2, 0.25) is 0 Å². The number of benzene rings is 1. The number of anilines is 1. The fraction of sp³-hybridized carbons (Fsp3) is 0.176. The normalized spacial score (nSPS) is 11.1. The van der Waals surface area contributed by atoms with E-state index in [2.05, 4.69) is 32.0 Å². The van der Waals surface area contributed by atoms with Gasteiger partial charge in [0.05, 0.1) is 0 Å². The molecule has 0 saturated carbocycles. The van der Waals surface area contributed by atoms with Gasteiger partial charge in [-0.2, -0.15) is 9.38 Å². The van der Waals surface area contributed by atoms with E-state index < -0.39 is 4.92 Å². The molecule has 0 radical (unpaired) electrons. The third-order valence-electron chi connectivity index (χ3n) is 4.05. The zero-order valence-corrected chi connectivity index (χ0v) is 14.6. The molecular weight excluding hydrogens is 352 g/mol. The molecule has 1 N–H and O–H groups in total. The number of nitrogens with one attached hydrogen (secondary N) is 1. The summed E-state index contributed by atoms with van der Waals surface area (Å²) in [5, 5.41) is 16.2. The maximum absolute atomic E-state index is 11.3. The van der Waals surface area contributed by atoms with Gasteiger partial charge in [0.15, 0.2) is 0 Å². The van der Waals surface area contributed by atoms with E-state index in [4.69, 9.17) is 0 Å². The Balaban J connectivity index is 1.45. The molecule has 132 valence electrons. The maximum Gasteiger partial charge on any atom is 0.372 e. The first-order chi connectivity index (χ1) is 12.7.